The summed E-state index contributed by atoms with van der Waals surface area (Å²) in [4.78, 5) is 24.1. The van der Waals surface area contributed by atoms with Crippen LogP contribution in [0.3, 0.4) is 0 Å². The Labute approximate surface area is 205 Å². The van der Waals surface area contributed by atoms with Gasteiger partial charge in [0.1, 0.15) is 11.6 Å². The van der Waals surface area contributed by atoms with Crippen molar-refractivity contribution in [3.8, 4) is 5.75 Å². The van der Waals surface area contributed by atoms with E-state index >= 15 is 0 Å². The molecule has 0 aliphatic carbocycles. The molecule has 3 aromatic carbocycles. The van der Waals surface area contributed by atoms with Crippen LogP contribution in [0.15, 0.2) is 54.6 Å². The van der Waals surface area contributed by atoms with Gasteiger partial charge in [-0.2, -0.15) is 0 Å². The molecule has 7 heteroatoms. The largest absolute Gasteiger partial charge is 0.508 e. The lowest BCUT2D eigenvalue weighted by Crippen LogP contribution is -2.33. The lowest BCUT2D eigenvalue weighted by atomic mass is 9.96. The number of carbonyl (C=O) groups is 2. The highest BCUT2D eigenvalue weighted by atomic mass is 19.1. The number of nitrogens with zero attached hydrogens (tertiary/aromatic N) is 1. The molecule has 0 bridgehead atoms. The molecule has 1 aliphatic rings. The van der Waals surface area contributed by atoms with Gasteiger partial charge in [0.2, 0.25) is 11.8 Å². The molecule has 0 spiro atoms. The zero-order valence-electron chi connectivity index (χ0n) is 20.2. The molecular weight excluding hydrogens is 445 g/mol. The first-order valence-electron chi connectivity index (χ1n) is 11.6. The summed E-state index contributed by atoms with van der Waals surface area (Å²) in [6.07, 6.45) is 3.60. The van der Waals surface area contributed by atoms with E-state index in [2.05, 4.69) is 12.1 Å². The number of hydrogen-bond acceptors (Lipinski definition) is 4. The highest BCUT2D eigenvalue weighted by Crippen LogP contribution is 2.29. The van der Waals surface area contributed by atoms with Crippen LogP contribution in [0, 0.1) is 12.7 Å². The molecule has 1 aliphatic heterocycles. The topological polar surface area (TPSA) is 110 Å². The number of carbonyl (C=O) groups excluding carboxylic acids is 2. The third kappa shape index (κ3) is 7.06. The predicted octanol–water partition coefficient (Wildman–Crippen LogP) is 4.42. The number of benzene rings is 3. The number of phenols is 1. The highest BCUT2D eigenvalue weighted by Gasteiger charge is 2.19. The van der Waals surface area contributed by atoms with Crippen molar-refractivity contribution >= 4 is 23.2 Å². The third-order valence-corrected chi connectivity index (χ3v) is 6.08. The van der Waals surface area contributed by atoms with E-state index in [1.54, 1.807) is 13.0 Å². The standard InChI is InChI=1S/C18H18FNO.C10H14N2O2/c1-13(21)20-10-2-3-16-12-15(6-9-18(16)20)11-14-4-7-17(19)8-5-14;1-6-4-7(13)5-9(11)8(6)2-3-10(12)14/h4-9,12H,2-3,10-11H2,1H3;4-5,13H,2-3,11H2,1H3,(H2,12,14). The number of halogens is 1. The van der Waals surface area contributed by atoms with E-state index < -0.39 is 0 Å². The van der Waals surface area contributed by atoms with Crippen molar-refractivity contribution in [3.05, 3.63) is 88.2 Å². The average Bonchev–Trinajstić information content (AvgIpc) is 2.79. The number of phenolic OH excluding ortho intramolecular Hbond substituents is 1. The van der Waals surface area contributed by atoms with Crippen molar-refractivity contribution in [1.82, 2.24) is 0 Å². The van der Waals surface area contributed by atoms with Crippen molar-refractivity contribution in [3.63, 3.8) is 0 Å². The number of nitrogen functional groups attached to an aromatic ring is 1. The zero-order valence-corrected chi connectivity index (χ0v) is 20.2. The average molecular weight is 478 g/mol. The van der Waals surface area contributed by atoms with Gasteiger partial charge in [0, 0.05) is 37.3 Å². The smallest absolute Gasteiger partial charge is 0.223 e. The molecule has 0 atom stereocenters. The Balaban J connectivity index is 0.000000214. The molecule has 2 amide bonds. The van der Waals surface area contributed by atoms with Gasteiger partial charge < -0.3 is 21.5 Å². The first kappa shape index (κ1) is 25.7. The predicted molar refractivity (Wildman–Crippen MR) is 137 cm³/mol. The first-order chi connectivity index (χ1) is 16.6. The molecule has 0 saturated carbocycles. The van der Waals surface area contributed by atoms with Crippen LogP contribution in [0.4, 0.5) is 15.8 Å². The van der Waals surface area contributed by atoms with Gasteiger partial charge in [0.25, 0.3) is 0 Å². The van der Waals surface area contributed by atoms with E-state index in [4.69, 9.17) is 11.5 Å². The molecule has 4 rings (SSSR count). The van der Waals surface area contributed by atoms with Crippen molar-refractivity contribution in [2.45, 2.75) is 46.0 Å². The van der Waals surface area contributed by atoms with Crippen LogP contribution in [-0.4, -0.2) is 23.5 Å². The number of fused-ring (bicyclic) bond motifs is 1. The van der Waals surface area contributed by atoms with Crippen molar-refractivity contribution in [2.24, 2.45) is 5.73 Å². The van der Waals surface area contributed by atoms with E-state index in [1.165, 1.54) is 29.3 Å². The Morgan fingerprint density at radius 2 is 1.74 bits per heavy atom. The maximum Gasteiger partial charge on any atom is 0.223 e. The molecule has 5 N–H and O–H groups in total. The van der Waals surface area contributed by atoms with Gasteiger partial charge in [-0.1, -0.05) is 24.3 Å². The number of hydrogen-bond donors (Lipinski definition) is 3. The molecule has 0 radical (unpaired) electrons. The Morgan fingerprint density at radius 1 is 1.06 bits per heavy atom. The lowest BCUT2D eigenvalue weighted by Gasteiger charge is -2.29. The molecule has 1 heterocycles. The fraction of sp³-hybridized carbons (Fsp3) is 0.286. The molecule has 0 aromatic heterocycles. The number of aromatic hydroxyl groups is 1. The highest BCUT2D eigenvalue weighted by molar-refractivity contribution is 5.92. The molecule has 35 heavy (non-hydrogen) atoms. The first-order valence-corrected chi connectivity index (χ1v) is 11.6. The van der Waals surface area contributed by atoms with Gasteiger partial charge in [0.15, 0.2) is 0 Å². The normalized spacial score (nSPS) is 12.4. The fourth-order valence-corrected chi connectivity index (χ4v) is 4.34. The van der Waals surface area contributed by atoms with Crippen molar-refractivity contribution in [1.29, 1.82) is 0 Å². The number of amides is 2. The van der Waals surface area contributed by atoms with Gasteiger partial charge >= 0.3 is 0 Å². The summed E-state index contributed by atoms with van der Waals surface area (Å²) in [5, 5.41) is 9.22. The zero-order chi connectivity index (χ0) is 25.5. The molecule has 3 aromatic rings. The fourth-order valence-electron chi connectivity index (χ4n) is 4.34. The summed E-state index contributed by atoms with van der Waals surface area (Å²) in [5.41, 5.74) is 17.6. The van der Waals surface area contributed by atoms with Crippen LogP contribution in [0.2, 0.25) is 0 Å². The minimum absolute atomic E-state index is 0.0993. The number of anilines is 2. The van der Waals surface area contributed by atoms with Crippen LogP contribution in [0.25, 0.3) is 0 Å². The Bertz CT molecular complexity index is 1190. The second kappa shape index (κ2) is 11.5. The van der Waals surface area contributed by atoms with Crippen molar-refractivity contribution < 1.29 is 19.1 Å². The molecule has 0 unspecified atom stereocenters. The third-order valence-electron chi connectivity index (χ3n) is 6.08. The minimum Gasteiger partial charge on any atom is -0.508 e. The summed E-state index contributed by atoms with van der Waals surface area (Å²) in [7, 11) is 0. The second-order valence-electron chi connectivity index (χ2n) is 8.84. The van der Waals surface area contributed by atoms with Crippen LogP contribution in [0.1, 0.15) is 47.6 Å². The number of primary amides is 1. The number of rotatable bonds is 5. The molecule has 0 saturated heterocycles. The quantitative estimate of drug-likeness (QED) is 0.473. The summed E-state index contributed by atoms with van der Waals surface area (Å²) in [5.74, 6) is -0.316. The van der Waals surface area contributed by atoms with Gasteiger partial charge in [-0.25, -0.2) is 4.39 Å². The lowest BCUT2D eigenvalue weighted by molar-refractivity contribution is -0.118. The van der Waals surface area contributed by atoms with E-state index in [1.807, 2.05) is 30.0 Å². The van der Waals surface area contributed by atoms with Gasteiger partial charge in [0.05, 0.1) is 0 Å². The number of nitrogens with two attached hydrogens (primary N) is 2. The van der Waals surface area contributed by atoms with Crippen LogP contribution < -0.4 is 16.4 Å². The van der Waals surface area contributed by atoms with Crippen molar-refractivity contribution in [2.75, 3.05) is 17.2 Å². The van der Waals surface area contributed by atoms with E-state index in [0.717, 1.165) is 48.2 Å². The monoisotopic (exact) mass is 477 g/mol. The maximum absolute atomic E-state index is 12.9. The summed E-state index contributed by atoms with van der Waals surface area (Å²) in [6, 6.07) is 16.0. The van der Waals surface area contributed by atoms with Gasteiger partial charge in [-0.15, -0.1) is 0 Å². The van der Waals surface area contributed by atoms with Crippen LogP contribution in [-0.2, 0) is 28.9 Å². The van der Waals surface area contributed by atoms with Crippen LogP contribution >= 0.6 is 0 Å². The van der Waals surface area contributed by atoms with Crippen LogP contribution in [0.5, 0.6) is 5.75 Å². The summed E-state index contributed by atoms with van der Waals surface area (Å²) >= 11 is 0. The molecule has 0 fully saturated rings. The summed E-state index contributed by atoms with van der Waals surface area (Å²) < 4.78 is 12.9. The van der Waals surface area contributed by atoms with E-state index in [0.29, 0.717) is 12.1 Å². The molecule has 184 valence electrons. The molecular formula is C28H32FN3O3. The van der Waals surface area contributed by atoms with Gasteiger partial charge in [-0.05, 0) is 84.7 Å². The minimum atomic E-state index is -0.350. The van der Waals surface area contributed by atoms with E-state index in [-0.39, 0.29) is 29.8 Å². The second-order valence-corrected chi connectivity index (χ2v) is 8.84. The number of aryl methyl sites for hydroxylation is 2. The summed E-state index contributed by atoms with van der Waals surface area (Å²) in [6.45, 7) is 4.26. The maximum atomic E-state index is 12.9. The van der Waals surface area contributed by atoms with Gasteiger partial charge in [-0.3, -0.25) is 9.59 Å². The Kier molecular flexibility index (Phi) is 8.47. The Morgan fingerprint density at radius 3 is 2.37 bits per heavy atom. The SMILES string of the molecule is CC(=O)N1CCCc2cc(Cc3ccc(F)cc3)ccc21.Cc1cc(O)cc(N)c1CCC(N)=O. The Hall–Kier alpha value is -3.87. The van der Waals surface area contributed by atoms with E-state index in [9.17, 15) is 19.1 Å². The molecule has 6 nitrogen and oxygen atoms in total.